The van der Waals surface area contributed by atoms with Crippen LogP contribution in [0.4, 0.5) is 0 Å². The first kappa shape index (κ1) is 22.3. The number of hydrogen-bond acceptors (Lipinski definition) is 5. The topological polar surface area (TPSA) is 98.1 Å². The van der Waals surface area contributed by atoms with Gasteiger partial charge in [-0.25, -0.2) is 4.68 Å². The quantitative estimate of drug-likeness (QED) is 0.451. The average Bonchev–Trinajstić information content (AvgIpc) is 3.43. The van der Waals surface area contributed by atoms with E-state index >= 15 is 0 Å². The summed E-state index contributed by atoms with van der Waals surface area (Å²) in [6, 6.07) is 18.6. The van der Waals surface area contributed by atoms with Gasteiger partial charge in [0, 0.05) is 43.3 Å². The van der Waals surface area contributed by atoms with E-state index in [1.165, 1.54) is 5.56 Å². The number of carbonyl (C=O) groups excluding carboxylic acids is 2. The van der Waals surface area contributed by atoms with Gasteiger partial charge >= 0.3 is 0 Å². The molecule has 0 aliphatic heterocycles. The lowest BCUT2D eigenvalue weighted by Gasteiger charge is -2.26. The lowest BCUT2D eigenvalue weighted by molar-refractivity contribution is 0.0931. The first-order valence-corrected chi connectivity index (χ1v) is 11.5. The third-order valence-electron chi connectivity index (χ3n) is 6.05. The molecule has 1 unspecified atom stereocenters. The molecule has 2 amide bonds. The molecule has 4 aromatic rings. The highest BCUT2D eigenvalue weighted by Crippen LogP contribution is 2.29. The highest BCUT2D eigenvalue weighted by molar-refractivity contribution is 5.95. The van der Waals surface area contributed by atoms with Gasteiger partial charge in [-0.2, -0.15) is 5.10 Å². The SMILES string of the molecule is CNC(=O)c1cc(Oc2ccc3c(c2)CC(NC(=O)c2cccc(-n4cccn4)c2)CC3)ccn1. The van der Waals surface area contributed by atoms with Crippen molar-refractivity contribution in [1.82, 2.24) is 25.4 Å². The van der Waals surface area contributed by atoms with Gasteiger partial charge < -0.3 is 15.4 Å². The Kier molecular flexibility index (Phi) is 6.26. The Bertz CT molecular complexity index is 1370. The van der Waals surface area contributed by atoms with Gasteiger partial charge in [0.2, 0.25) is 0 Å². The smallest absolute Gasteiger partial charge is 0.269 e. The highest BCUT2D eigenvalue weighted by atomic mass is 16.5. The summed E-state index contributed by atoms with van der Waals surface area (Å²) in [5, 5.41) is 9.98. The number of rotatable bonds is 6. The van der Waals surface area contributed by atoms with Crippen LogP contribution in [0.3, 0.4) is 0 Å². The van der Waals surface area contributed by atoms with Crippen LogP contribution in [0.5, 0.6) is 11.5 Å². The second-order valence-electron chi connectivity index (χ2n) is 8.40. The van der Waals surface area contributed by atoms with Gasteiger partial charge in [0.05, 0.1) is 5.69 Å². The van der Waals surface area contributed by atoms with Crippen molar-refractivity contribution >= 4 is 11.8 Å². The molecule has 0 radical (unpaired) electrons. The predicted molar refractivity (Wildman–Crippen MR) is 131 cm³/mol. The molecule has 8 nitrogen and oxygen atoms in total. The fraction of sp³-hybridized carbons (Fsp3) is 0.185. The number of fused-ring (bicyclic) bond motifs is 1. The zero-order valence-corrected chi connectivity index (χ0v) is 19.3. The first-order valence-electron chi connectivity index (χ1n) is 11.5. The monoisotopic (exact) mass is 467 g/mol. The van der Waals surface area contributed by atoms with Crippen molar-refractivity contribution in [3.63, 3.8) is 0 Å². The number of aryl methyl sites for hydroxylation is 1. The van der Waals surface area contributed by atoms with Gasteiger partial charge in [0.1, 0.15) is 17.2 Å². The number of benzene rings is 2. The fourth-order valence-corrected chi connectivity index (χ4v) is 4.26. The number of carbonyl (C=O) groups is 2. The van der Waals surface area contributed by atoms with Crippen LogP contribution in [0, 0.1) is 0 Å². The van der Waals surface area contributed by atoms with Crippen LogP contribution in [0.2, 0.25) is 0 Å². The van der Waals surface area contributed by atoms with Crippen molar-refractivity contribution in [2.75, 3.05) is 7.05 Å². The van der Waals surface area contributed by atoms with Crippen molar-refractivity contribution in [1.29, 1.82) is 0 Å². The zero-order valence-electron chi connectivity index (χ0n) is 19.3. The maximum Gasteiger partial charge on any atom is 0.269 e. The summed E-state index contributed by atoms with van der Waals surface area (Å²) >= 11 is 0. The lowest BCUT2D eigenvalue weighted by Crippen LogP contribution is -2.38. The van der Waals surface area contributed by atoms with Crippen LogP contribution in [0.15, 0.2) is 79.3 Å². The standard InChI is InChI=1S/C27H25N5O3/c1-28-27(34)25-17-24(10-12-29-25)35-23-9-7-18-6-8-21(14-20(18)16-23)31-26(33)19-4-2-5-22(15-19)32-13-3-11-30-32/h2-5,7,9-13,15-17,21H,6,8,14H2,1H3,(H,28,34)(H,31,33). The minimum absolute atomic E-state index is 0.0272. The summed E-state index contributed by atoms with van der Waals surface area (Å²) in [6.45, 7) is 0. The molecule has 35 heavy (non-hydrogen) atoms. The molecule has 0 saturated heterocycles. The van der Waals surface area contributed by atoms with Crippen molar-refractivity contribution in [3.05, 3.63) is 102 Å². The average molecular weight is 468 g/mol. The summed E-state index contributed by atoms with van der Waals surface area (Å²) in [5.74, 6) is 0.848. The number of aromatic nitrogens is 3. The molecule has 2 N–H and O–H groups in total. The van der Waals surface area contributed by atoms with Crippen molar-refractivity contribution < 1.29 is 14.3 Å². The lowest BCUT2D eigenvalue weighted by atomic mass is 9.88. The van der Waals surface area contributed by atoms with Crippen LogP contribution in [0.1, 0.15) is 38.4 Å². The number of pyridine rings is 1. The molecule has 2 heterocycles. The van der Waals surface area contributed by atoms with Crippen LogP contribution in [-0.4, -0.2) is 39.7 Å². The second kappa shape index (κ2) is 9.80. The van der Waals surface area contributed by atoms with Crippen molar-refractivity contribution in [2.45, 2.75) is 25.3 Å². The Morgan fingerprint density at radius 3 is 2.69 bits per heavy atom. The van der Waals surface area contributed by atoms with E-state index in [9.17, 15) is 9.59 Å². The Balaban J connectivity index is 1.27. The Labute approximate surface area is 203 Å². The van der Waals surface area contributed by atoms with Gasteiger partial charge in [-0.15, -0.1) is 0 Å². The van der Waals surface area contributed by atoms with Gasteiger partial charge in [0.25, 0.3) is 11.8 Å². The molecule has 1 aliphatic rings. The molecular formula is C27H25N5O3. The third kappa shape index (κ3) is 5.06. The summed E-state index contributed by atoms with van der Waals surface area (Å²) in [7, 11) is 1.56. The van der Waals surface area contributed by atoms with E-state index in [1.54, 1.807) is 36.3 Å². The van der Waals surface area contributed by atoms with Gasteiger partial charge in [-0.1, -0.05) is 12.1 Å². The largest absolute Gasteiger partial charge is 0.457 e. The number of ether oxygens (including phenoxy) is 1. The molecule has 0 spiro atoms. The van der Waals surface area contributed by atoms with Crippen LogP contribution in [-0.2, 0) is 12.8 Å². The van der Waals surface area contributed by atoms with E-state index in [4.69, 9.17) is 4.74 Å². The number of amides is 2. The molecule has 8 heteroatoms. The van der Waals surface area contributed by atoms with Gasteiger partial charge in [-0.3, -0.25) is 14.6 Å². The molecule has 176 valence electrons. The normalized spacial score (nSPS) is 14.6. The Morgan fingerprint density at radius 2 is 1.86 bits per heavy atom. The molecule has 1 atom stereocenters. The van der Waals surface area contributed by atoms with E-state index < -0.39 is 0 Å². The summed E-state index contributed by atoms with van der Waals surface area (Å²) in [6.07, 6.45) is 7.57. The fourth-order valence-electron chi connectivity index (χ4n) is 4.26. The second-order valence-corrected chi connectivity index (χ2v) is 8.40. The maximum atomic E-state index is 13.0. The molecule has 2 aromatic carbocycles. The van der Waals surface area contributed by atoms with E-state index in [1.807, 2.05) is 48.7 Å². The van der Waals surface area contributed by atoms with E-state index in [2.05, 4.69) is 26.8 Å². The van der Waals surface area contributed by atoms with E-state index in [0.717, 1.165) is 30.5 Å². The summed E-state index contributed by atoms with van der Waals surface area (Å²) in [5.41, 5.74) is 4.14. The Hall–Kier alpha value is -4.46. The molecule has 0 saturated carbocycles. The molecule has 5 rings (SSSR count). The number of hydrogen-bond donors (Lipinski definition) is 2. The number of nitrogens with one attached hydrogen (secondary N) is 2. The Morgan fingerprint density at radius 1 is 0.971 bits per heavy atom. The van der Waals surface area contributed by atoms with E-state index in [-0.39, 0.29) is 17.9 Å². The molecule has 2 aromatic heterocycles. The highest BCUT2D eigenvalue weighted by Gasteiger charge is 2.22. The maximum absolute atomic E-state index is 13.0. The van der Waals surface area contributed by atoms with Gasteiger partial charge in [-0.05, 0) is 72.9 Å². The van der Waals surface area contributed by atoms with E-state index in [0.29, 0.717) is 22.8 Å². The molecule has 0 bridgehead atoms. The predicted octanol–water partition coefficient (Wildman–Crippen LogP) is 3.71. The molecular weight excluding hydrogens is 442 g/mol. The minimum atomic E-state index is -0.269. The van der Waals surface area contributed by atoms with Crippen molar-refractivity contribution in [3.8, 4) is 17.2 Å². The zero-order chi connectivity index (χ0) is 24.2. The summed E-state index contributed by atoms with van der Waals surface area (Å²) < 4.78 is 7.73. The minimum Gasteiger partial charge on any atom is -0.457 e. The van der Waals surface area contributed by atoms with Crippen molar-refractivity contribution in [2.24, 2.45) is 0 Å². The summed E-state index contributed by atoms with van der Waals surface area (Å²) in [4.78, 5) is 28.9. The first-order chi connectivity index (χ1) is 17.1. The van der Waals surface area contributed by atoms with Crippen LogP contribution in [0.25, 0.3) is 5.69 Å². The van der Waals surface area contributed by atoms with Gasteiger partial charge in [0.15, 0.2) is 0 Å². The number of nitrogens with zero attached hydrogens (tertiary/aromatic N) is 3. The van der Waals surface area contributed by atoms with Crippen LogP contribution < -0.4 is 15.4 Å². The molecule has 0 fully saturated rings. The third-order valence-corrected chi connectivity index (χ3v) is 6.05. The van der Waals surface area contributed by atoms with Crippen LogP contribution >= 0.6 is 0 Å². The molecule has 1 aliphatic carbocycles.